The number of fused-ring (bicyclic) bond motifs is 1. The molecule has 24 heavy (non-hydrogen) atoms. The van der Waals surface area contributed by atoms with E-state index in [2.05, 4.69) is 18.3 Å². The number of hydrogen-bond donors (Lipinski definition) is 2. The molecule has 0 amide bonds. The minimum absolute atomic E-state index is 0.143. The minimum atomic E-state index is -0.625. The van der Waals surface area contributed by atoms with Crippen LogP contribution in [0.2, 0.25) is 5.02 Å². The lowest BCUT2D eigenvalue weighted by molar-refractivity contribution is -0.0644. The summed E-state index contributed by atoms with van der Waals surface area (Å²) in [5.74, 6) is 0.847. The van der Waals surface area contributed by atoms with E-state index in [9.17, 15) is 5.11 Å². The number of halogens is 1. The molecular weight excluding hydrogens is 322 g/mol. The van der Waals surface area contributed by atoms with E-state index in [-0.39, 0.29) is 6.04 Å². The van der Waals surface area contributed by atoms with Gasteiger partial charge in [-0.05, 0) is 57.5 Å². The third-order valence-electron chi connectivity index (χ3n) is 4.59. The van der Waals surface area contributed by atoms with Gasteiger partial charge in [-0.2, -0.15) is 0 Å². The molecule has 2 atom stereocenters. The van der Waals surface area contributed by atoms with Crippen LogP contribution in [0.25, 0.3) is 0 Å². The van der Waals surface area contributed by atoms with Crippen molar-refractivity contribution in [2.75, 3.05) is 6.54 Å². The Morgan fingerprint density at radius 2 is 1.88 bits per heavy atom. The Bertz CT molecular complexity index is 712. The number of aliphatic hydroxyl groups excluding tert-OH is 1. The standard InChI is InChI=1S/C20H24ClNO2/c1-13-4-9-17-16(12-13)18(19(23)20(2,3)24-17)22-11-10-14-5-7-15(21)8-6-14/h4-9,12,18-19,22-23H,10-11H2,1-3H3/t18-,19+/m0/s1. The van der Waals surface area contributed by atoms with E-state index in [0.29, 0.717) is 0 Å². The van der Waals surface area contributed by atoms with Gasteiger partial charge in [-0.1, -0.05) is 41.4 Å². The van der Waals surface area contributed by atoms with Gasteiger partial charge in [0, 0.05) is 10.6 Å². The van der Waals surface area contributed by atoms with Gasteiger partial charge < -0.3 is 15.2 Å². The maximum absolute atomic E-state index is 10.8. The fraction of sp³-hybridized carbons (Fsp3) is 0.400. The molecular formula is C20H24ClNO2. The Balaban J connectivity index is 1.75. The molecule has 2 N–H and O–H groups in total. The Morgan fingerprint density at radius 1 is 1.17 bits per heavy atom. The molecule has 0 spiro atoms. The molecule has 128 valence electrons. The normalized spacial score (nSPS) is 21.9. The molecule has 0 bridgehead atoms. The largest absolute Gasteiger partial charge is 0.485 e. The molecule has 1 aliphatic rings. The predicted molar refractivity (Wildman–Crippen MR) is 97.8 cm³/mol. The van der Waals surface area contributed by atoms with Gasteiger partial charge >= 0.3 is 0 Å². The van der Waals surface area contributed by atoms with E-state index < -0.39 is 11.7 Å². The van der Waals surface area contributed by atoms with Gasteiger partial charge in [0.25, 0.3) is 0 Å². The van der Waals surface area contributed by atoms with Crippen molar-refractivity contribution in [3.8, 4) is 5.75 Å². The van der Waals surface area contributed by atoms with Crippen LogP contribution in [0.3, 0.4) is 0 Å². The fourth-order valence-electron chi connectivity index (χ4n) is 3.16. The summed E-state index contributed by atoms with van der Waals surface area (Å²) in [5.41, 5.74) is 2.78. The van der Waals surface area contributed by atoms with Crippen LogP contribution in [0.15, 0.2) is 42.5 Å². The first-order valence-electron chi connectivity index (χ1n) is 8.32. The quantitative estimate of drug-likeness (QED) is 0.878. The third kappa shape index (κ3) is 3.59. The van der Waals surface area contributed by atoms with Crippen LogP contribution in [-0.2, 0) is 6.42 Å². The molecule has 0 radical (unpaired) electrons. The Labute approximate surface area is 148 Å². The second kappa shape index (κ2) is 6.75. The minimum Gasteiger partial charge on any atom is -0.485 e. The molecule has 0 fully saturated rings. The van der Waals surface area contributed by atoms with E-state index in [1.807, 2.05) is 50.2 Å². The average molecular weight is 346 g/mol. The molecule has 3 nitrogen and oxygen atoms in total. The van der Waals surface area contributed by atoms with Crippen LogP contribution in [0.5, 0.6) is 5.75 Å². The maximum Gasteiger partial charge on any atom is 0.131 e. The molecule has 4 heteroatoms. The Kier molecular flexibility index (Phi) is 4.86. The first kappa shape index (κ1) is 17.3. The van der Waals surface area contributed by atoms with Crippen molar-refractivity contribution in [1.29, 1.82) is 0 Å². The van der Waals surface area contributed by atoms with Crippen molar-refractivity contribution in [2.45, 2.75) is 44.9 Å². The number of nitrogens with one attached hydrogen (secondary N) is 1. The lowest BCUT2D eigenvalue weighted by atomic mass is 9.86. The molecule has 2 aromatic carbocycles. The van der Waals surface area contributed by atoms with E-state index in [1.54, 1.807) is 0 Å². The van der Waals surface area contributed by atoms with E-state index in [0.717, 1.165) is 34.9 Å². The Morgan fingerprint density at radius 3 is 2.58 bits per heavy atom. The maximum atomic E-state index is 10.8. The van der Waals surface area contributed by atoms with Crippen molar-refractivity contribution < 1.29 is 9.84 Å². The number of benzene rings is 2. The first-order valence-corrected chi connectivity index (χ1v) is 8.70. The van der Waals surface area contributed by atoms with Gasteiger partial charge in [0.2, 0.25) is 0 Å². The summed E-state index contributed by atoms with van der Waals surface area (Å²) < 4.78 is 5.99. The molecule has 1 aliphatic heterocycles. The van der Waals surface area contributed by atoms with Crippen LogP contribution < -0.4 is 10.1 Å². The number of hydrogen-bond acceptors (Lipinski definition) is 3. The van der Waals surface area contributed by atoms with Crippen LogP contribution >= 0.6 is 11.6 Å². The molecule has 3 rings (SSSR count). The van der Waals surface area contributed by atoms with Crippen molar-refractivity contribution in [3.05, 3.63) is 64.2 Å². The van der Waals surface area contributed by atoms with Gasteiger partial charge in [-0.25, -0.2) is 0 Å². The van der Waals surface area contributed by atoms with Gasteiger partial charge in [0.1, 0.15) is 17.5 Å². The highest BCUT2D eigenvalue weighted by Gasteiger charge is 2.42. The SMILES string of the molecule is Cc1ccc2c(c1)[C@H](NCCc1ccc(Cl)cc1)[C@@H](O)C(C)(C)O2. The number of aryl methyl sites for hydroxylation is 1. The number of ether oxygens (including phenoxy) is 1. The molecule has 0 aliphatic carbocycles. The highest BCUT2D eigenvalue weighted by molar-refractivity contribution is 6.30. The smallest absolute Gasteiger partial charge is 0.131 e. The monoisotopic (exact) mass is 345 g/mol. The van der Waals surface area contributed by atoms with E-state index in [1.165, 1.54) is 5.56 Å². The van der Waals surface area contributed by atoms with Crippen LogP contribution in [0.1, 0.15) is 36.6 Å². The van der Waals surface area contributed by atoms with Crippen LogP contribution in [-0.4, -0.2) is 23.4 Å². The summed E-state index contributed by atoms with van der Waals surface area (Å²) in [5, 5.41) is 15.0. The summed E-state index contributed by atoms with van der Waals surface area (Å²) in [4.78, 5) is 0. The fourth-order valence-corrected chi connectivity index (χ4v) is 3.29. The lowest BCUT2D eigenvalue weighted by Crippen LogP contribution is -2.52. The van der Waals surface area contributed by atoms with Gasteiger partial charge in [-0.3, -0.25) is 0 Å². The first-order chi connectivity index (χ1) is 11.4. The molecule has 0 saturated carbocycles. The zero-order chi connectivity index (χ0) is 17.3. The second-order valence-electron chi connectivity index (χ2n) is 7.00. The van der Waals surface area contributed by atoms with E-state index in [4.69, 9.17) is 16.3 Å². The Hall–Kier alpha value is -1.55. The molecule has 2 aromatic rings. The summed E-state index contributed by atoms with van der Waals surface area (Å²) in [7, 11) is 0. The number of aliphatic hydroxyl groups is 1. The van der Waals surface area contributed by atoms with Crippen molar-refractivity contribution in [3.63, 3.8) is 0 Å². The van der Waals surface area contributed by atoms with Crippen LogP contribution in [0, 0.1) is 6.92 Å². The average Bonchev–Trinajstić information content (AvgIpc) is 2.53. The summed E-state index contributed by atoms with van der Waals surface area (Å²) in [6.07, 6.45) is 0.264. The van der Waals surface area contributed by atoms with Crippen molar-refractivity contribution in [1.82, 2.24) is 5.32 Å². The molecule has 1 heterocycles. The lowest BCUT2D eigenvalue weighted by Gasteiger charge is -2.42. The molecule has 0 aromatic heterocycles. The molecule has 0 saturated heterocycles. The summed E-state index contributed by atoms with van der Waals surface area (Å²) in [6.45, 7) is 6.67. The summed E-state index contributed by atoms with van der Waals surface area (Å²) >= 11 is 5.93. The van der Waals surface area contributed by atoms with Crippen molar-refractivity contribution in [2.24, 2.45) is 0 Å². The predicted octanol–water partition coefficient (Wildman–Crippen LogP) is 4.05. The topological polar surface area (TPSA) is 41.5 Å². The second-order valence-corrected chi connectivity index (χ2v) is 7.44. The third-order valence-corrected chi connectivity index (χ3v) is 4.84. The van der Waals surface area contributed by atoms with Gasteiger partial charge in [-0.15, -0.1) is 0 Å². The highest BCUT2D eigenvalue weighted by atomic mass is 35.5. The van der Waals surface area contributed by atoms with E-state index >= 15 is 0 Å². The van der Waals surface area contributed by atoms with Crippen molar-refractivity contribution >= 4 is 11.6 Å². The van der Waals surface area contributed by atoms with Gasteiger partial charge in [0.05, 0.1) is 6.04 Å². The zero-order valence-corrected chi connectivity index (χ0v) is 15.1. The van der Waals surface area contributed by atoms with Gasteiger partial charge in [0.15, 0.2) is 0 Å². The summed E-state index contributed by atoms with van der Waals surface area (Å²) in [6, 6.07) is 13.9. The molecule has 0 unspecified atom stereocenters. The van der Waals surface area contributed by atoms with Crippen LogP contribution in [0.4, 0.5) is 0 Å². The highest BCUT2D eigenvalue weighted by Crippen LogP contribution is 2.40. The zero-order valence-electron chi connectivity index (χ0n) is 14.3. The number of rotatable bonds is 4.